The van der Waals surface area contributed by atoms with E-state index in [1.807, 2.05) is 72.8 Å². The molecule has 0 spiro atoms. The lowest BCUT2D eigenvalue weighted by Gasteiger charge is -2.28. The van der Waals surface area contributed by atoms with Crippen LogP contribution in [0.3, 0.4) is 0 Å². The number of hydrogen-bond acceptors (Lipinski definition) is 6. The van der Waals surface area contributed by atoms with Gasteiger partial charge in [0.15, 0.2) is 24.7 Å². The highest BCUT2D eigenvalue weighted by molar-refractivity contribution is 9.11. The summed E-state index contributed by atoms with van der Waals surface area (Å²) in [7, 11) is 0. The third-order valence-electron chi connectivity index (χ3n) is 8.03. The van der Waals surface area contributed by atoms with Crippen molar-refractivity contribution in [2.24, 2.45) is 0 Å². The second-order valence-corrected chi connectivity index (χ2v) is 17.7. The van der Waals surface area contributed by atoms with E-state index in [2.05, 4.69) is 119 Å². The zero-order valence-electron chi connectivity index (χ0n) is 28.8. The molecule has 0 unspecified atom stereocenters. The van der Waals surface area contributed by atoms with Crippen LogP contribution in [0.4, 0.5) is 0 Å². The Labute approximate surface area is 322 Å². The predicted octanol–water partition coefficient (Wildman–Crippen LogP) is 11.6. The number of ether oxygens (including phenoxy) is 4. The van der Waals surface area contributed by atoms with Gasteiger partial charge >= 0.3 is 11.9 Å². The van der Waals surface area contributed by atoms with Crippen LogP contribution in [0, 0.1) is 0 Å². The van der Waals surface area contributed by atoms with E-state index < -0.39 is 17.4 Å². The summed E-state index contributed by atoms with van der Waals surface area (Å²) in [5.41, 5.74) is 3.78. The van der Waals surface area contributed by atoms with Gasteiger partial charge in [0.1, 0.15) is 11.5 Å². The average Bonchev–Trinajstić information content (AvgIpc) is 3.01. The van der Waals surface area contributed by atoms with Gasteiger partial charge in [-0.2, -0.15) is 0 Å². The first kappa shape index (κ1) is 39.1. The summed E-state index contributed by atoms with van der Waals surface area (Å²) in [4.78, 5) is 25.4. The standard InChI is InChI=1S/C39H40Br4O6/c1-37(2,3)23-9-13-27(14-10-23)46-21-33(44)48-35-29(40)17-25(18-30(35)41)39(7,8)26-19-31(42)36(32(43)20-26)49-34(45)22-47-28-15-11-24(12-16-28)38(4,5)6/h9-20H,21-22H2,1-8H3. The molecule has 0 atom stereocenters. The number of esters is 2. The van der Waals surface area contributed by atoms with E-state index in [9.17, 15) is 9.59 Å². The van der Waals surface area contributed by atoms with Crippen LogP contribution in [0.2, 0.25) is 0 Å². The van der Waals surface area contributed by atoms with Gasteiger partial charge in [0.25, 0.3) is 0 Å². The average molecular weight is 924 g/mol. The van der Waals surface area contributed by atoms with E-state index >= 15 is 0 Å². The van der Waals surface area contributed by atoms with Crippen LogP contribution in [0.5, 0.6) is 23.0 Å². The monoisotopic (exact) mass is 920 g/mol. The highest BCUT2D eigenvalue weighted by Crippen LogP contribution is 2.44. The van der Waals surface area contributed by atoms with Crippen molar-refractivity contribution in [3.8, 4) is 23.0 Å². The fourth-order valence-corrected chi connectivity index (χ4v) is 7.57. The van der Waals surface area contributed by atoms with Crippen LogP contribution in [0.25, 0.3) is 0 Å². The van der Waals surface area contributed by atoms with Crippen molar-refractivity contribution in [1.82, 2.24) is 0 Å². The molecule has 0 aliphatic rings. The van der Waals surface area contributed by atoms with Gasteiger partial charge in [-0.15, -0.1) is 0 Å². The van der Waals surface area contributed by atoms with Crippen LogP contribution in [-0.4, -0.2) is 25.2 Å². The molecule has 0 radical (unpaired) electrons. The maximum Gasteiger partial charge on any atom is 0.349 e. The molecule has 0 heterocycles. The Morgan fingerprint density at radius 1 is 0.490 bits per heavy atom. The smallest absolute Gasteiger partial charge is 0.349 e. The van der Waals surface area contributed by atoms with E-state index in [1.165, 1.54) is 11.1 Å². The molecule has 4 aromatic carbocycles. The Kier molecular flexibility index (Phi) is 12.5. The quantitative estimate of drug-likeness (QED) is 0.117. The van der Waals surface area contributed by atoms with Crippen molar-refractivity contribution in [3.05, 3.63) is 113 Å². The highest BCUT2D eigenvalue weighted by Gasteiger charge is 2.28. The molecule has 260 valence electrons. The molecule has 4 rings (SSSR count). The van der Waals surface area contributed by atoms with Crippen molar-refractivity contribution in [3.63, 3.8) is 0 Å². The zero-order chi connectivity index (χ0) is 36.3. The SMILES string of the molecule is CC(C)(C)c1ccc(OCC(=O)Oc2c(Br)cc(C(C)(C)c3cc(Br)c(OC(=O)COc4ccc(C(C)(C)C)cc4)c(Br)c3)cc2Br)cc1. The number of rotatable bonds is 10. The largest absolute Gasteiger partial charge is 0.482 e. The van der Waals surface area contributed by atoms with Gasteiger partial charge in [-0.3, -0.25) is 0 Å². The molecule has 49 heavy (non-hydrogen) atoms. The summed E-state index contributed by atoms with van der Waals surface area (Å²) in [5, 5.41) is 0. The van der Waals surface area contributed by atoms with Gasteiger partial charge in [0.05, 0.1) is 17.9 Å². The summed E-state index contributed by atoms with van der Waals surface area (Å²) >= 11 is 14.4. The third-order valence-corrected chi connectivity index (χ3v) is 10.4. The molecule has 0 fully saturated rings. The fourth-order valence-electron chi connectivity index (χ4n) is 4.88. The van der Waals surface area contributed by atoms with Gasteiger partial charge in [0.2, 0.25) is 0 Å². The van der Waals surface area contributed by atoms with E-state index in [-0.39, 0.29) is 24.0 Å². The van der Waals surface area contributed by atoms with E-state index in [0.717, 1.165) is 11.1 Å². The number of carbonyl (C=O) groups excluding carboxylic acids is 2. The number of carbonyl (C=O) groups is 2. The molecule has 0 amide bonds. The minimum Gasteiger partial charge on any atom is -0.482 e. The Morgan fingerprint density at radius 3 is 1.04 bits per heavy atom. The number of halogens is 4. The highest BCUT2D eigenvalue weighted by atomic mass is 79.9. The second kappa shape index (κ2) is 15.7. The molecule has 0 aliphatic carbocycles. The Morgan fingerprint density at radius 2 is 0.776 bits per heavy atom. The fraction of sp³-hybridized carbons (Fsp3) is 0.333. The third kappa shape index (κ3) is 10.2. The van der Waals surface area contributed by atoms with Crippen molar-refractivity contribution >= 4 is 75.7 Å². The van der Waals surface area contributed by atoms with E-state index in [1.54, 1.807) is 0 Å². The van der Waals surface area contributed by atoms with Crippen LogP contribution in [-0.2, 0) is 25.8 Å². The lowest BCUT2D eigenvalue weighted by Crippen LogP contribution is -2.21. The minimum absolute atomic E-state index is 0.0260. The van der Waals surface area contributed by atoms with Crippen LogP contribution in [0.1, 0.15) is 77.6 Å². The summed E-state index contributed by atoms with van der Waals surface area (Å²) in [6, 6.07) is 23.1. The van der Waals surface area contributed by atoms with Gasteiger partial charge in [-0.1, -0.05) is 79.7 Å². The van der Waals surface area contributed by atoms with E-state index in [4.69, 9.17) is 18.9 Å². The first-order valence-electron chi connectivity index (χ1n) is 15.6. The van der Waals surface area contributed by atoms with Gasteiger partial charge < -0.3 is 18.9 Å². The first-order valence-corrected chi connectivity index (χ1v) is 18.8. The maximum absolute atomic E-state index is 12.7. The Balaban J connectivity index is 1.41. The molecule has 6 nitrogen and oxygen atoms in total. The molecule has 0 aromatic heterocycles. The molecular formula is C39H40Br4O6. The van der Waals surface area contributed by atoms with Crippen molar-refractivity contribution < 1.29 is 28.5 Å². The Hall–Kier alpha value is -2.66. The summed E-state index contributed by atoms with van der Waals surface area (Å²) in [6.45, 7) is 16.5. The second-order valence-electron chi connectivity index (χ2n) is 14.2. The van der Waals surface area contributed by atoms with Crippen LogP contribution >= 0.6 is 63.7 Å². The molecule has 10 heteroatoms. The van der Waals surface area contributed by atoms with Crippen LogP contribution in [0.15, 0.2) is 90.7 Å². The molecule has 0 saturated heterocycles. The summed E-state index contributed by atoms with van der Waals surface area (Å²) in [5.74, 6) is 0.828. The van der Waals surface area contributed by atoms with Gasteiger partial charge in [-0.05, 0) is 145 Å². The van der Waals surface area contributed by atoms with Gasteiger partial charge in [0, 0.05) is 5.41 Å². The number of hydrogen-bond donors (Lipinski definition) is 0. The summed E-state index contributed by atoms with van der Waals surface area (Å²) < 4.78 is 25.1. The molecular weight excluding hydrogens is 884 g/mol. The Bertz CT molecular complexity index is 1640. The molecule has 4 aromatic rings. The normalized spacial score (nSPS) is 12.0. The molecule has 0 saturated carbocycles. The first-order chi connectivity index (χ1) is 22.8. The predicted molar refractivity (Wildman–Crippen MR) is 208 cm³/mol. The molecule has 0 bridgehead atoms. The zero-order valence-corrected chi connectivity index (χ0v) is 35.1. The maximum atomic E-state index is 12.7. The van der Waals surface area contributed by atoms with Crippen molar-refractivity contribution in [2.75, 3.05) is 13.2 Å². The van der Waals surface area contributed by atoms with E-state index in [0.29, 0.717) is 40.9 Å². The van der Waals surface area contributed by atoms with Crippen LogP contribution < -0.4 is 18.9 Å². The van der Waals surface area contributed by atoms with Crippen molar-refractivity contribution in [2.45, 2.75) is 71.6 Å². The number of benzene rings is 4. The van der Waals surface area contributed by atoms with Crippen molar-refractivity contribution in [1.29, 1.82) is 0 Å². The lowest BCUT2D eigenvalue weighted by molar-refractivity contribution is -0.137. The minimum atomic E-state index is -0.532. The van der Waals surface area contributed by atoms with Gasteiger partial charge in [-0.25, -0.2) is 9.59 Å². The molecule has 0 aliphatic heterocycles. The topological polar surface area (TPSA) is 71.1 Å². The summed E-state index contributed by atoms with van der Waals surface area (Å²) in [6.07, 6.45) is 0. The lowest BCUT2D eigenvalue weighted by atomic mass is 9.78. The molecule has 0 N–H and O–H groups in total.